The topological polar surface area (TPSA) is 52.7 Å². The monoisotopic (exact) mass is 341 g/mol. The van der Waals surface area contributed by atoms with Crippen molar-refractivity contribution >= 4 is 11.8 Å². The number of amides is 2. The minimum atomic E-state index is -1.48. The maximum absolute atomic E-state index is 13.7. The number of benzene rings is 1. The van der Waals surface area contributed by atoms with Crippen molar-refractivity contribution in [3.8, 4) is 0 Å². The standard InChI is InChI=1S/C16H18F3N3O2/c1-2-5-20-13(23)10-21-6-8-22(9-7-21)16(24)14-11(17)3-4-12(18)15(14)19/h2-4H,1,5-10H2,(H,20,23). The molecule has 2 rings (SSSR count). The molecule has 0 aromatic heterocycles. The molecule has 1 heterocycles. The molecule has 2 amide bonds. The summed E-state index contributed by atoms with van der Waals surface area (Å²) in [5.74, 6) is -4.90. The van der Waals surface area contributed by atoms with E-state index in [1.807, 2.05) is 4.90 Å². The lowest BCUT2D eigenvalue weighted by Gasteiger charge is -2.34. The molecule has 0 aliphatic carbocycles. The predicted molar refractivity (Wildman–Crippen MR) is 81.9 cm³/mol. The number of halogens is 3. The average Bonchev–Trinajstić information content (AvgIpc) is 2.57. The molecule has 0 radical (unpaired) electrons. The van der Waals surface area contributed by atoms with E-state index < -0.39 is 28.9 Å². The van der Waals surface area contributed by atoms with Gasteiger partial charge in [-0.2, -0.15) is 0 Å². The Morgan fingerprint density at radius 1 is 1.12 bits per heavy atom. The third kappa shape index (κ3) is 4.14. The summed E-state index contributed by atoms with van der Waals surface area (Å²) in [4.78, 5) is 26.9. The van der Waals surface area contributed by atoms with Gasteiger partial charge >= 0.3 is 0 Å². The van der Waals surface area contributed by atoms with Gasteiger partial charge in [-0.3, -0.25) is 14.5 Å². The van der Waals surface area contributed by atoms with Crippen LogP contribution in [0.3, 0.4) is 0 Å². The minimum absolute atomic E-state index is 0.165. The highest BCUT2D eigenvalue weighted by atomic mass is 19.2. The van der Waals surface area contributed by atoms with Gasteiger partial charge in [0.05, 0.1) is 6.54 Å². The summed E-state index contributed by atoms with van der Waals surface area (Å²) in [6, 6.07) is 1.37. The van der Waals surface area contributed by atoms with Crippen LogP contribution in [0.5, 0.6) is 0 Å². The Labute approximate surface area is 137 Å². The van der Waals surface area contributed by atoms with Crippen molar-refractivity contribution in [3.63, 3.8) is 0 Å². The van der Waals surface area contributed by atoms with E-state index in [9.17, 15) is 22.8 Å². The number of nitrogens with one attached hydrogen (secondary N) is 1. The van der Waals surface area contributed by atoms with Crippen LogP contribution < -0.4 is 5.32 Å². The third-order valence-electron chi connectivity index (χ3n) is 3.73. The van der Waals surface area contributed by atoms with Crippen molar-refractivity contribution in [2.45, 2.75) is 0 Å². The summed E-state index contributed by atoms with van der Waals surface area (Å²) in [6.45, 7) is 5.19. The van der Waals surface area contributed by atoms with Crippen molar-refractivity contribution in [3.05, 3.63) is 47.8 Å². The van der Waals surface area contributed by atoms with Crippen LogP contribution in [-0.2, 0) is 4.79 Å². The molecule has 0 spiro atoms. The van der Waals surface area contributed by atoms with Gasteiger partial charge in [0.15, 0.2) is 11.6 Å². The summed E-state index contributed by atoms with van der Waals surface area (Å²) >= 11 is 0. The van der Waals surface area contributed by atoms with Crippen LogP contribution in [0.4, 0.5) is 13.2 Å². The number of nitrogens with zero attached hydrogens (tertiary/aromatic N) is 2. The number of hydrogen-bond acceptors (Lipinski definition) is 3. The molecular formula is C16H18F3N3O2. The fourth-order valence-corrected chi connectivity index (χ4v) is 2.44. The van der Waals surface area contributed by atoms with Crippen molar-refractivity contribution in [2.75, 3.05) is 39.3 Å². The van der Waals surface area contributed by atoms with Crippen LogP contribution in [-0.4, -0.2) is 60.9 Å². The SMILES string of the molecule is C=CCNC(=O)CN1CCN(C(=O)c2c(F)ccc(F)c2F)CC1. The van der Waals surface area contributed by atoms with Crippen LogP contribution in [0.2, 0.25) is 0 Å². The third-order valence-corrected chi connectivity index (χ3v) is 3.73. The van der Waals surface area contributed by atoms with Crippen molar-refractivity contribution in [1.29, 1.82) is 0 Å². The average molecular weight is 341 g/mol. The summed E-state index contributed by atoms with van der Waals surface area (Å²) in [7, 11) is 0. The van der Waals surface area contributed by atoms with E-state index in [1.54, 1.807) is 6.08 Å². The second-order valence-corrected chi connectivity index (χ2v) is 5.38. The summed E-state index contributed by atoms with van der Waals surface area (Å²) < 4.78 is 40.6. The quantitative estimate of drug-likeness (QED) is 0.646. The lowest BCUT2D eigenvalue weighted by molar-refractivity contribution is -0.122. The second-order valence-electron chi connectivity index (χ2n) is 5.38. The Kier molecular flexibility index (Phi) is 5.97. The van der Waals surface area contributed by atoms with Crippen LogP contribution in [0, 0.1) is 17.5 Å². The van der Waals surface area contributed by atoms with Crippen LogP contribution >= 0.6 is 0 Å². The first-order chi connectivity index (χ1) is 11.4. The first kappa shape index (κ1) is 18.0. The molecule has 8 heteroatoms. The summed E-state index contributed by atoms with van der Waals surface area (Å²) in [5.41, 5.74) is -0.882. The highest BCUT2D eigenvalue weighted by molar-refractivity contribution is 5.95. The van der Waals surface area contributed by atoms with E-state index in [1.165, 1.54) is 4.90 Å². The molecule has 130 valence electrons. The van der Waals surface area contributed by atoms with Crippen LogP contribution in [0.25, 0.3) is 0 Å². The molecule has 0 saturated carbocycles. The molecular weight excluding hydrogens is 323 g/mol. The Balaban J connectivity index is 1.95. The molecule has 0 bridgehead atoms. The van der Waals surface area contributed by atoms with E-state index in [-0.39, 0.29) is 25.5 Å². The van der Waals surface area contributed by atoms with E-state index in [2.05, 4.69) is 11.9 Å². The van der Waals surface area contributed by atoms with Gasteiger partial charge in [-0.05, 0) is 12.1 Å². The van der Waals surface area contributed by atoms with E-state index in [4.69, 9.17) is 0 Å². The molecule has 5 nitrogen and oxygen atoms in total. The van der Waals surface area contributed by atoms with Gasteiger partial charge in [0.1, 0.15) is 11.4 Å². The number of piperazine rings is 1. The van der Waals surface area contributed by atoms with Gasteiger partial charge in [-0.25, -0.2) is 13.2 Å². The molecule has 1 aliphatic heterocycles. The van der Waals surface area contributed by atoms with Crippen molar-refractivity contribution < 1.29 is 22.8 Å². The smallest absolute Gasteiger partial charge is 0.260 e. The fourth-order valence-electron chi connectivity index (χ4n) is 2.44. The highest BCUT2D eigenvalue weighted by Crippen LogP contribution is 2.18. The van der Waals surface area contributed by atoms with Gasteiger partial charge in [0.25, 0.3) is 5.91 Å². The number of hydrogen-bond donors (Lipinski definition) is 1. The van der Waals surface area contributed by atoms with Crippen molar-refractivity contribution in [2.24, 2.45) is 0 Å². The molecule has 1 fully saturated rings. The maximum atomic E-state index is 13.7. The zero-order valence-corrected chi connectivity index (χ0v) is 13.0. The first-order valence-corrected chi connectivity index (χ1v) is 7.46. The second kappa shape index (κ2) is 7.96. The zero-order chi connectivity index (χ0) is 17.7. The normalized spacial score (nSPS) is 15.2. The molecule has 1 aromatic carbocycles. The van der Waals surface area contributed by atoms with E-state index >= 15 is 0 Å². The van der Waals surface area contributed by atoms with Gasteiger partial charge in [0.2, 0.25) is 5.91 Å². The van der Waals surface area contributed by atoms with Gasteiger partial charge in [0, 0.05) is 32.7 Å². The zero-order valence-electron chi connectivity index (χ0n) is 13.0. The first-order valence-electron chi connectivity index (χ1n) is 7.46. The molecule has 24 heavy (non-hydrogen) atoms. The minimum Gasteiger partial charge on any atom is -0.352 e. The van der Waals surface area contributed by atoms with Crippen molar-refractivity contribution in [1.82, 2.24) is 15.1 Å². The maximum Gasteiger partial charge on any atom is 0.260 e. The summed E-state index contributed by atoms with van der Waals surface area (Å²) in [6.07, 6.45) is 1.57. The number of carbonyl (C=O) groups is 2. The highest BCUT2D eigenvalue weighted by Gasteiger charge is 2.28. The molecule has 1 saturated heterocycles. The number of carbonyl (C=O) groups excluding carboxylic acids is 2. The largest absolute Gasteiger partial charge is 0.352 e. The van der Waals surface area contributed by atoms with E-state index in [0.29, 0.717) is 25.7 Å². The Morgan fingerprint density at radius 3 is 2.38 bits per heavy atom. The molecule has 0 atom stereocenters. The molecule has 1 aliphatic rings. The lowest BCUT2D eigenvalue weighted by Crippen LogP contribution is -2.51. The van der Waals surface area contributed by atoms with Crippen LogP contribution in [0.15, 0.2) is 24.8 Å². The Bertz CT molecular complexity index is 644. The lowest BCUT2D eigenvalue weighted by atomic mass is 10.1. The predicted octanol–water partition coefficient (Wildman–Crippen LogP) is 1.16. The number of rotatable bonds is 5. The fraction of sp³-hybridized carbons (Fsp3) is 0.375. The Hall–Kier alpha value is -2.35. The van der Waals surface area contributed by atoms with E-state index in [0.717, 1.165) is 6.07 Å². The summed E-state index contributed by atoms with van der Waals surface area (Å²) in [5, 5.41) is 2.64. The molecule has 0 unspecified atom stereocenters. The molecule has 1 aromatic rings. The molecule has 1 N–H and O–H groups in total. The van der Waals surface area contributed by atoms with Gasteiger partial charge in [-0.1, -0.05) is 6.08 Å². The van der Waals surface area contributed by atoms with Gasteiger partial charge in [-0.15, -0.1) is 6.58 Å². The van der Waals surface area contributed by atoms with Gasteiger partial charge < -0.3 is 10.2 Å². The van der Waals surface area contributed by atoms with Crippen LogP contribution in [0.1, 0.15) is 10.4 Å². The Morgan fingerprint density at radius 2 is 1.75 bits per heavy atom.